The van der Waals surface area contributed by atoms with Crippen molar-refractivity contribution in [2.75, 3.05) is 13.1 Å². The van der Waals surface area contributed by atoms with Crippen LogP contribution in [0.2, 0.25) is 10.0 Å². The quantitative estimate of drug-likeness (QED) is 0.831. The van der Waals surface area contributed by atoms with Gasteiger partial charge in [-0.05, 0) is 49.6 Å². The van der Waals surface area contributed by atoms with Gasteiger partial charge in [-0.2, -0.15) is 0 Å². The molecule has 1 fully saturated rings. The third-order valence-electron chi connectivity index (χ3n) is 4.79. The van der Waals surface area contributed by atoms with E-state index in [9.17, 15) is 9.59 Å². The van der Waals surface area contributed by atoms with Crippen LogP contribution in [0.3, 0.4) is 0 Å². The maximum Gasteiger partial charge on any atom is 0.253 e. The van der Waals surface area contributed by atoms with Crippen LogP contribution in [0.15, 0.2) is 42.7 Å². The van der Waals surface area contributed by atoms with Crippen molar-refractivity contribution in [2.45, 2.75) is 25.8 Å². The summed E-state index contributed by atoms with van der Waals surface area (Å²) in [5, 5.41) is 3.78. The number of benzene rings is 1. The molecular weight excluding hydrogens is 385 g/mol. The number of nitrogens with one attached hydrogen (secondary N) is 1. The molecule has 1 aliphatic heterocycles. The number of hydrogen-bond acceptors (Lipinski definition) is 3. The van der Waals surface area contributed by atoms with Gasteiger partial charge in [-0.1, -0.05) is 29.3 Å². The van der Waals surface area contributed by atoms with Crippen LogP contribution in [0, 0.1) is 5.92 Å². The summed E-state index contributed by atoms with van der Waals surface area (Å²) in [6, 6.07) is 8.48. The fourth-order valence-electron chi connectivity index (χ4n) is 3.23. The van der Waals surface area contributed by atoms with E-state index in [0.717, 1.165) is 18.4 Å². The molecule has 1 aromatic heterocycles. The highest BCUT2D eigenvalue weighted by Crippen LogP contribution is 2.25. The molecule has 2 aromatic rings. The Bertz CT molecular complexity index is 829. The van der Waals surface area contributed by atoms with Gasteiger partial charge in [0.2, 0.25) is 5.91 Å². The first-order valence-electron chi connectivity index (χ1n) is 8.90. The van der Waals surface area contributed by atoms with Crippen LogP contribution in [0.25, 0.3) is 0 Å². The third-order valence-corrected chi connectivity index (χ3v) is 5.53. The van der Waals surface area contributed by atoms with E-state index in [2.05, 4.69) is 10.3 Å². The van der Waals surface area contributed by atoms with Gasteiger partial charge in [0, 0.05) is 31.0 Å². The van der Waals surface area contributed by atoms with Crippen molar-refractivity contribution >= 4 is 35.0 Å². The summed E-state index contributed by atoms with van der Waals surface area (Å²) in [4.78, 5) is 31.2. The molecule has 2 atom stereocenters. The summed E-state index contributed by atoms with van der Waals surface area (Å²) < 4.78 is 0. The molecule has 1 saturated heterocycles. The van der Waals surface area contributed by atoms with Crippen molar-refractivity contribution in [1.82, 2.24) is 15.2 Å². The van der Waals surface area contributed by atoms with Crippen molar-refractivity contribution < 1.29 is 9.59 Å². The van der Waals surface area contributed by atoms with Crippen molar-refractivity contribution in [3.63, 3.8) is 0 Å². The minimum Gasteiger partial charge on any atom is -0.349 e. The fraction of sp³-hybridized carbons (Fsp3) is 0.350. The van der Waals surface area contributed by atoms with Crippen LogP contribution in [-0.4, -0.2) is 34.8 Å². The second-order valence-electron chi connectivity index (χ2n) is 6.74. The first-order valence-corrected chi connectivity index (χ1v) is 9.66. The second-order valence-corrected chi connectivity index (χ2v) is 7.55. The van der Waals surface area contributed by atoms with E-state index < -0.39 is 0 Å². The van der Waals surface area contributed by atoms with Gasteiger partial charge in [0.15, 0.2) is 0 Å². The average Bonchev–Trinajstić information content (AvgIpc) is 2.70. The van der Waals surface area contributed by atoms with Gasteiger partial charge in [-0.3, -0.25) is 14.6 Å². The van der Waals surface area contributed by atoms with Crippen LogP contribution < -0.4 is 5.32 Å². The molecule has 1 aliphatic rings. The maximum absolute atomic E-state index is 12.8. The molecule has 7 heteroatoms. The Kier molecular flexibility index (Phi) is 6.34. The Morgan fingerprint density at radius 1 is 1.26 bits per heavy atom. The van der Waals surface area contributed by atoms with Crippen molar-refractivity contribution in [2.24, 2.45) is 5.92 Å². The van der Waals surface area contributed by atoms with Crippen LogP contribution in [0.4, 0.5) is 0 Å². The zero-order chi connectivity index (χ0) is 19.4. The summed E-state index contributed by atoms with van der Waals surface area (Å²) >= 11 is 11.9. The molecule has 2 amide bonds. The Labute approximate surface area is 168 Å². The summed E-state index contributed by atoms with van der Waals surface area (Å²) in [6.07, 6.45) is 4.99. The highest BCUT2D eigenvalue weighted by molar-refractivity contribution is 6.42. The average molecular weight is 406 g/mol. The molecule has 0 saturated carbocycles. The summed E-state index contributed by atoms with van der Waals surface area (Å²) in [5.41, 5.74) is 1.43. The number of nitrogens with zero attached hydrogens (tertiary/aromatic N) is 2. The fourth-order valence-corrected chi connectivity index (χ4v) is 3.53. The molecule has 1 aromatic carbocycles. The van der Waals surface area contributed by atoms with E-state index >= 15 is 0 Å². The molecule has 0 radical (unpaired) electrons. The SMILES string of the molecule is C[C@@H](NC(=O)[C@H]1CCCN(C(=O)c2ccc(Cl)c(Cl)c2)C1)c1cccnc1. The Balaban J connectivity index is 1.63. The molecule has 0 unspecified atom stereocenters. The number of rotatable bonds is 4. The molecule has 1 N–H and O–H groups in total. The highest BCUT2D eigenvalue weighted by Gasteiger charge is 2.29. The lowest BCUT2D eigenvalue weighted by atomic mass is 9.96. The number of carbonyl (C=O) groups is 2. The van der Waals surface area contributed by atoms with Gasteiger partial charge in [-0.15, -0.1) is 0 Å². The Morgan fingerprint density at radius 3 is 2.78 bits per heavy atom. The zero-order valence-electron chi connectivity index (χ0n) is 15.0. The van der Waals surface area contributed by atoms with E-state index in [4.69, 9.17) is 23.2 Å². The van der Waals surface area contributed by atoms with E-state index in [1.165, 1.54) is 0 Å². The molecule has 0 bridgehead atoms. The summed E-state index contributed by atoms with van der Waals surface area (Å²) in [6.45, 7) is 2.95. The van der Waals surface area contributed by atoms with E-state index in [1.807, 2.05) is 19.1 Å². The summed E-state index contributed by atoms with van der Waals surface area (Å²) in [7, 11) is 0. The predicted octanol–water partition coefficient (Wildman–Crippen LogP) is 4.12. The number of hydrogen-bond donors (Lipinski definition) is 1. The van der Waals surface area contributed by atoms with E-state index in [0.29, 0.717) is 28.7 Å². The zero-order valence-corrected chi connectivity index (χ0v) is 16.5. The molecular formula is C20H21Cl2N3O2. The smallest absolute Gasteiger partial charge is 0.253 e. The maximum atomic E-state index is 12.8. The number of aromatic nitrogens is 1. The van der Waals surface area contributed by atoms with Crippen LogP contribution >= 0.6 is 23.2 Å². The Hall–Kier alpha value is -2.11. The number of pyridine rings is 1. The van der Waals surface area contributed by atoms with E-state index in [1.54, 1.807) is 35.5 Å². The molecule has 0 spiro atoms. The lowest BCUT2D eigenvalue weighted by Gasteiger charge is -2.32. The van der Waals surface area contributed by atoms with Crippen molar-refractivity contribution in [3.8, 4) is 0 Å². The summed E-state index contributed by atoms with van der Waals surface area (Å²) in [5.74, 6) is -0.408. The number of amides is 2. The third kappa shape index (κ3) is 4.79. The monoisotopic (exact) mass is 405 g/mol. The Morgan fingerprint density at radius 2 is 2.07 bits per heavy atom. The molecule has 0 aliphatic carbocycles. The standard InChI is InChI=1S/C20H21Cl2N3O2/c1-13(15-4-2-8-23-11-15)24-19(26)16-5-3-9-25(12-16)20(27)14-6-7-17(21)18(22)10-14/h2,4,6-8,10-11,13,16H,3,5,9,12H2,1H3,(H,24,26)/t13-,16+/m1/s1. The molecule has 27 heavy (non-hydrogen) atoms. The van der Waals surface area contributed by atoms with Gasteiger partial charge < -0.3 is 10.2 Å². The lowest BCUT2D eigenvalue weighted by Crippen LogP contribution is -2.45. The van der Waals surface area contributed by atoms with Gasteiger partial charge in [-0.25, -0.2) is 0 Å². The van der Waals surface area contributed by atoms with Crippen molar-refractivity contribution in [3.05, 3.63) is 63.9 Å². The second kappa shape index (κ2) is 8.72. The molecule has 142 valence electrons. The van der Waals surface area contributed by atoms with Crippen LogP contribution in [-0.2, 0) is 4.79 Å². The largest absolute Gasteiger partial charge is 0.349 e. The molecule has 3 rings (SSSR count). The van der Waals surface area contributed by atoms with E-state index in [-0.39, 0.29) is 23.8 Å². The predicted molar refractivity (Wildman–Crippen MR) is 106 cm³/mol. The number of likely N-dealkylation sites (tertiary alicyclic amines) is 1. The van der Waals surface area contributed by atoms with Crippen LogP contribution in [0.1, 0.15) is 41.7 Å². The van der Waals surface area contributed by atoms with Gasteiger partial charge >= 0.3 is 0 Å². The molecule has 5 nitrogen and oxygen atoms in total. The highest BCUT2D eigenvalue weighted by atomic mass is 35.5. The minimum atomic E-state index is -0.232. The number of carbonyl (C=O) groups excluding carboxylic acids is 2. The lowest BCUT2D eigenvalue weighted by molar-refractivity contribution is -0.127. The topological polar surface area (TPSA) is 62.3 Å². The van der Waals surface area contributed by atoms with Crippen molar-refractivity contribution in [1.29, 1.82) is 0 Å². The number of halogens is 2. The first-order chi connectivity index (χ1) is 13.0. The normalized spacial score (nSPS) is 18.0. The molecule has 2 heterocycles. The van der Waals surface area contributed by atoms with Crippen LogP contribution in [0.5, 0.6) is 0 Å². The first kappa shape index (κ1) is 19.6. The number of piperidine rings is 1. The van der Waals surface area contributed by atoms with Gasteiger partial charge in [0.05, 0.1) is 22.0 Å². The van der Waals surface area contributed by atoms with Gasteiger partial charge in [0.25, 0.3) is 5.91 Å². The van der Waals surface area contributed by atoms with Gasteiger partial charge in [0.1, 0.15) is 0 Å². The minimum absolute atomic E-state index is 0.0435.